The summed E-state index contributed by atoms with van der Waals surface area (Å²) in [4.78, 5) is 36.2. The summed E-state index contributed by atoms with van der Waals surface area (Å²) in [6, 6.07) is 7.36. The number of carbonyl (C=O) groups excluding carboxylic acids is 2. The van der Waals surface area contributed by atoms with Gasteiger partial charge in [0, 0.05) is 30.3 Å². The fourth-order valence-electron chi connectivity index (χ4n) is 2.39. The van der Waals surface area contributed by atoms with Gasteiger partial charge in [-0.25, -0.2) is 14.6 Å². The molecule has 0 atom stereocenters. The number of hydrogen-bond acceptors (Lipinski definition) is 9. The van der Waals surface area contributed by atoms with Crippen LogP contribution in [-0.4, -0.2) is 54.6 Å². The molecular formula is C20H18F3N3O6. The van der Waals surface area contributed by atoms with Gasteiger partial charge < -0.3 is 19.0 Å². The van der Waals surface area contributed by atoms with Gasteiger partial charge in [0.25, 0.3) is 0 Å². The molecule has 2 rings (SSSR count). The molecule has 0 amide bonds. The maximum Gasteiger partial charge on any atom is 0.422 e. The SMILES string of the molecule is COC=C(C(=O)OC)c1ccccc1C(=NOC(C)=O)c1nccc(OCC(F)(F)F)n1. The van der Waals surface area contributed by atoms with E-state index in [0.717, 1.165) is 25.4 Å². The summed E-state index contributed by atoms with van der Waals surface area (Å²) >= 11 is 0. The van der Waals surface area contributed by atoms with E-state index in [9.17, 15) is 22.8 Å². The average Bonchev–Trinajstić information content (AvgIpc) is 2.76. The van der Waals surface area contributed by atoms with Gasteiger partial charge in [0.15, 0.2) is 18.1 Å². The second-order valence-electron chi connectivity index (χ2n) is 5.95. The number of ether oxygens (including phenoxy) is 3. The molecule has 32 heavy (non-hydrogen) atoms. The van der Waals surface area contributed by atoms with Gasteiger partial charge in [0.1, 0.15) is 5.57 Å². The quantitative estimate of drug-likeness (QED) is 0.150. The van der Waals surface area contributed by atoms with E-state index in [2.05, 4.69) is 19.9 Å². The average molecular weight is 453 g/mol. The fraction of sp³-hybridized carbons (Fsp3) is 0.250. The minimum atomic E-state index is -4.58. The van der Waals surface area contributed by atoms with E-state index >= 15 is 0 Å². The van der Waals surface area contributed by atoms with Crippen LogP contribution in [0.4, 0.5) is 13.2 Å². The molecule has 1 heterocycles. The monoisotopic (exact) mass is 453 g/mol. The molecule has 9 nitrogen and oxygen atoms in total. The van der Waals surface area contributed by atoms with Crippen molar-refractivity contribution in [2.45, 2.75) is 13.1 Å². The van der Waals surface area contributed by atoms with Crippen LogP contribution in [0.1, 0.15) is 23.9 Å². The zero-order chi connectivity index (χ0) is 23.7. The lowest BCUT2D eigenvalue weighted by Gasteiger charge is -2.13. The molecule has 12 heteroatoms. The summed E-state index contributed by atoms with van der Waals surface area (Å²) in [6.07, 6.45) is -2.29. The van der Waals surface area contributed by atoms with Crippen LogP contribution in [0.3, 0.4) is 0 Å². The van der Waals surface area contributed by atoms with Crippen molar-refractivity contribution in [1.29, 1.82) is 0 Å². The first-order valence-corrected chi connectivity index (χ1v) is 8.86. The number of esters is 1. The lowest BCUT2D eigenvalue weighted by atomic mass is 9.96. The van der Waals surface area contributed by atoms with Crippen LogP contribution in [0.5, 0.6) is 5.88 Å². The lowest BCUT2D eigenvalue weighted by molar-refractivity contribution is -0.154. The van der Waals surface area contributed by atoms with Gasteiger partial charge in [-0.1, -0.05) is 29.4 Å². The molecule has 0 aliphatic heterocycles. The fourth-order valence-corrected chi connectivity index (χ4v) is 2.39. The van der Waals surface area contributed by atoms with Gasteiger partial charge in [0.05, 0.1) is 20.5 Å². The van der Waals surface area contributed by atoms with E-state index in [-0.39, 0.29) is 34.1 Å². The highest BCUT2D eigenvalue weighted by molar-refractivity contribution is 6.21. The highest BCUT2D eigenvalue weighted by Gasteiger charge is 2.29. The minimum Gasteiger partial charge on any atom is -0.503 e. The van der Waals surface area contributed by atoms with Crippen molar-refractivity contribution in [3.63, 3.8) is 0 Å². The van der Waals surface area contributed by atoms with E-state index in [1.165, 1.54) is 26.4 Å². The molecule has 0 N–H and O–H groups in total. The normalized spacial score (nSPS) is 12.2. The molecule has 170 valence electrons. The number of rotatable bonds is 8. The van der Waals surface area contributed by atoms with E-state index in [0.29, 0.717) is 0 Å². The van der Waals surface area contributed by atoms with Crippen LogP contribution < -0.4 is 4.74 Å². The van der Waals surface area contributed by atoms with Crippen molar-refractivity contribution in [1.82, 2.24) is 9.97 Å². The second kappa shape index (κ2) is 10.9. The molecule has 0 spiro atoms. The number of carbonyl (C=O) groups is 2. The molecule has 0 radical (unpaired) electrons. The predicted molar refractivity (Wildman–Crippen MR) is 104 cm³/mol. The van der Waals surface area contributed by atoms with Gasteiger partial charge >= 0.3 is 18.1 Å². The van der Waals surface area contributed by atoms with Crippen molar-refractivity contribution < 1.29 is 41.8 Å². The molecular weight excluding hydrogens is 435 g/mol. The van der Waals surface area contributed by atoms with Crippen LogP contribution in [-0.2, 0) is 23.9 Å². The standard InChI is InChI=1S/C20H18F3N3O6/c1-12(27)32-26-17(18-24-9-8-16(25-18)31-11-20(21,22)23)14-7-5-4-6-13(14)15(10-29-2)19(28)30-3/h4-10H,11H2,1-3H3. The molecule has 0 saturated heterocycles. The van der Waals surface area contributed by atoms with E-state index < -0.39 is 24.7 Å². The van der Waals surface area contributed by atoms with E-state index in [1.54, 1.807) is 12.1 Å². The number of halogens is 3. The Hall–Kier alpha value is -3.96. The highest BCUT2D eigenvalue weighted by Crippen LogP contribution is 2.24. The Kier molecular flexibility index (Phi) is 8.27. The Morgan fingerprint density at radius 3 is 2.41 bits per heavy atom. The number of nitrogens with zero attached hydrogens (tertiary/aromatic N) is 3. The number of oxime groups is 1. The van der Waals surface area contributed by atoms with E-state index in [1.807, 2.05) is 0 Å². The summed E-state index contributed by atoms with van der Waals surface area (Å²) in [6.45, 7) is -0.471. The molecule has 0 saturated carbocycles. The third-order valence-electron chi connectivity index (χ3n) is 3.60. The van der Waals surface area contributed by atoms with Gasteiger partial charge in [-0.3, -0.25) is 0 Å². The Bertz CT molecular complexity index is 1040. The van der Waals surface area contributed by atoms with Gasteiger partial charge in [-0.2, -0.15) is 18.2 Å². The molecule has 2 aromatic rings. The molecule has 1 aromatic carbocycles. The summed E-state index contributed by atoms with van der Waals surface area (Å²) in [7, 11) is 2.50. The molecule has 0 aliphatic carbocycles. The number of methoxy groups -OCH3 is 2. The molecule has 0 unspecified atom stereocenters. The third kappa shape index (κ3) is 6.79. The first kappa shape index (κ1) is 24.3. The Labute approximate surface area is 180 Å². The minimum absolute atomic E-state index is 0.00870. The number of hydrogen-bond donors (Lipinski definition) is 0. The topological polar surface area (TPSA) is 109 Å². The van der Waals surface area contributed by atoms with Crippen molar-refractivity contribution in [2.24, 2.45) is 5.16 Å². The Morgan fingerprint density at radius 1 is 1.12 bits per heavy atom. The van der Waals surface area contributed by atoms with Crippen LogP contribution in [0, 0.1) is 0 Å². The zero-order valence-electron chi connectivity index (χ0n) is 17.2. The van der Waals surface area contributed by atoms with Gasteiger partial charge in [-0.05, 0) is 0 Å². The van der Waals surface area contributed by atoms with Crippen LogP contribution in [0.25, 0.3) is 5.57 Å². The number of alkyl halides is 3. The van der Waals surface area contributed by atoms with Gasteiger partial charge in [0.2, 0.25) is 5.88 Å². The maximum absolute atomic E-state index is 12.5. The Morgan fingerprint density at radius 2 is 1.81 bits per heavy atom. The zero-order valence-corrected chi connectivity index (χ0v) is 17.2. The first-order valence-electron chi connectivity index (χ1n) is 8.86. The highest BCUT2D eigenvalue weighted by atomic mass is 19.4. The van der Waals surface area contributed by atoms with Crippen molar-refractivity contribution in [3.8, 4) is 5.88 Å². The van der Waals surface area contributed by atoms with Crippen molar-refractivity contribution >= 4 is 23.2 Å². The summed E-state index contributed by atoms with van der Waals surface area (Å²) in [5, 5.41) is 3.75. The number of aromatic nitrogens is 2. The first-order chi connectivity index (χ1) is 15.2. The van der Waals surface area contributed by atoms with E-state index in [4.69, 9.17) is 14.3 Å². The predicted octanol–water partition coefficient (Wildman–Crippen LogP) is 2.89. The molecule has 0 fully saturated rings. The summed E-state index contributed by atoms with van der Waals surface area (Å²) in [5.41, 5.74) is 0.289. The largest absolute Gasteiger partial charge is 0.503 e. The molecule has 0 aliphatic rings. The third-order valence-corrected chi connectivity index (χ3v) is 3.60. The summed E-state index contributed by atoms with van der Waals surface area (Å²) in [5.74, 6) is -2.12. The second-order valence-corrected chi connectivity index (χ2v) is 5.95. The lowest BCUT2D eigenvalue weighted by Crippen LogP contribution is -2.20. The van der Waals surface area contributed by atoms with Crippen molar-refractivity contribution in [2.75, 3.05) is 20.8 Å². The maximum atomic E-state index is 12.5. The van der Waals surface area contributed by atoms with Crippen LogP contribution in [0.15, 0.2) is 47.9 Å². The Balaban J connectivity index is 2.62. The molecule has 1 aromatic heterocycles. The molecule has 0 bridgehead atoms. The number of benzene rings is 1. The van der Waals surface area contributed by atoms with Crippen molar-refractivity contribution in [3.05, 3.63) is 59.7 Å². The summed E-state index contributed by atoms with van der Waals surface area (Å²) < 4.78 is 51.8. The smallest absolute Gasteiger partial charge is 0.422 e. The van der Waals surface area contributed by atoms with Crippen LogP contribution in [0.2, 0.25) is 0 Å². The van der Waals surface area contributed by atoms with Crippen LogP contribution >= 0.6 is 0 Å². The van der Waals surface area contributed by atoms with Gasteiger partial charge in [-0.15, -0.1) is 0 Å².